The summed E-state index contributed by atoms with van der Waals surface area (Å²) in [6, 6.07) is 26.2. The average Bonchev–Trinajstić information content (AvgIpc) is 3.40. The van der Waals surface area contributed by atoms with Crippen LogP contribution in [0.2, 0.25) is 0 Å². The van der Waals surface area contributed by atoms with Gasteiger partial charge >= 0.3 is 0 Å². The first-order valence-electron chi connectivity index (χ1n) is 11.3. The van der Waals surface area contributed by atoms with Crippen molar-refractivity contribution < 1.29 is 9.53 Å². The monoisotopic (exact) mass is 425 g/mol. The molecule has 1 fully saturated rings. The number of benzene rings is 3. The molecule has 1 aromatic heterocycles. The standard InChI is InChI=1S/C27H27N3O2/c1-2-20-10-6-8-14-24(20)30-19-21(18-26(30)31)27-28-23-13-7-9-15-25(23)29(27)16-17-32-22-11-4-3-5-12-22/h3-15,21H,2,16-19H2,1H3/t21-/m0/s1. The van der Waals surface area contributed by atoms with Crippen molar-refractivity contribution in [3.05, 3.63) is 90.3 Å². The lowest BCUT2D eigenvalue weighted by atomic mass is 10.1. The van der Waals surface area contributed by atoms with Crippen molar-refractivity contribution in [3.63, 3.8) is 0 Å². The number of aryl methyl sites for hydroxylation is 1. The highest BCUT2D eigenvalue weighted by Crippen LogP contribution is 2.34. The van der Waals surface area contributed by atoms with E-state index in [1.807, 2.05) is 65.6 Å². The highest BCUT2D eigenvalue weighted by Gasteiger charge is 2.35. The quantitative estimate of drug-likeness (QED) is 0.409. The molecule has 5 heteroatoms. The zero-order valence-electron chi connectivity index (χ0n) is 18.3. The van der Waals surface area contributed by atoms with Gasteiger partial charge in [0.1, 0.15) is 18.2 Å². The number of ether oxygens (including phenoxy) is 1. The first-order chi connectivity index (χ1) is 15.7. The third-order valence-corrected chi connectivity index (χ3v) is 6.16. The van der Waals surface area contributed by atoms with Crippen LogP contribution < -0.4 is 9.64 Å². The van der Waals surface area contributed by atoms with Crippen molar-refractivity contribution in [2.24, 2.45) is 0 Å². The molecule has 162 valence electrons. The van der Waals surface area contributed by atoms with Crippen molar-refractivity contribution >= 4 is 22.6 Å². The van der Waals surface area contributed by atoms with Gasteiger partial charge in [0.15, 0.2) is 0 Å². The highest BCUT2D eigenvalue weighted by atomic mass is 16.5. The molecule has 0 unspecified atom stereocenters. The van der Waals surface area contributed by atoms with Gasteiger partial charge in [-0.3, -0.25) is 4.79 Å². The molecule has 0 spiro atoms. The zero-order chi connectivity index (χ0) is 21.9. The van der Waals surface area contributed by atoms with E-state index in [0.717, 1.165) is 34.7 Å². The SMILES string of the molecule is CCc1ccccc1N1C[C@@H](c2nc3ccccc3n2CCOc2ccccc2)CC1=O. The molecule has 5 rings (SSSR count). The Kier molecular flexibility index (Phi) is 5.63. The number of imidazole rings is 1. The van der Waals surface area contributed by atoms with Gasteiger partial charge in [-0.05, 0) is 42.3 Å². The minimum absolute atomic E-state index is 0.0523. The normalized spacial score (nSPS) is 16.1. The molecule has 1 atom stereocenters. The fraction of sp³-hybridized carbons (Fsp3) is 0.259. The Bertz CT molecular complexity index is 1230. The fourth-order valence-corrected chi connectivity index (χ4v) is 4.60. The summed E-state index contributed by atoms with van der Waals surface area (Å²) >= 11 is 0. The summed E-state index contributed by atoms with van der Waals surface area (Å²) in [5.74, 6) is 2.04. The summed E-state index contributed by atoms with van der Waals surface area (Å²) in [4.78, 5) is 19.9. The largest absolute Gasteiger partial charge is 0.492 e. The number of hydrogen-bond acceptors (Lipinski definition) is 3. The summed E-state index contributed by atoms with van der Waals surface area (Å²) < 4.78 is 8.19. The molecule has 0 radical (unpaired) electrons. The van der Waals surface area contributed by atoms with Crippen LogP contribution in [-0.4, -0.2) is 28.6 Å². The highest BCUT2D eigenvalue weighted by molar-refractivity contribution is 5.97. The second-order valence-electron chi connectivity index (χ2n) is 8.16. The predicted molar refractivity (Wildman–Crippen MR) is 127 cm³/mol. The molecule has 3 aromatic carbocycles. The van der Waals surface area contributed by atoms with E-state index in [0.29, 0.717) is 26.1 Å². The lowest BCUT2D eigenvalue weighted by Crippen LogP contribution is -2.25. The Morgan fingerprint density at radius 2 is 1.72 bits per heavy atom. The summed E-state index contributed by atoms with van der Waals surface area (Å²) in [7, 11) is 0. The summed E-state index contributed by atoms with van der Waals surface area (Å²) in [6.07, 6.45) is 1.38. The van der Waals surface area contributed by atoms with Crippen molar-refractivity contribution in [1.82, 2.24) is 9.55 Å². The Labute approximate surface area is 188 Å². The van der Waals surface area contributed by atoms with E-state index in [-0.39, 0.29) is 11.8 Å². The van der Waals surface area contributed by atoms with E-state index in [4.69, 9.17) is 9.72 Å². The minimum Gasteiger partial charge on any atom is -0.492 e. The first kappa shape index (κ1) is 20.3. The fourth-order valence-electron chi connectivity index (χ4n) is 4.60. The van der Waals surface area contributed by atoms with Gasteiger partial charge in [0, 0.05) is 24.6 Å². The Hall–Kier alpha value is -3.60. The van der Waals surface area contributed by atoms with Crippen LogP contribution in [0.15, 0.2) is 78.9 Å². The minimum atomic E-state index is 0.0523. The molecule has 2 heterocycles. The molecular weight excluding hydrogens is 398 g/mol. The van der Waals surface area contributed by atoms with E-state index >= 15 is 0 Å². The molecule has 1 amide bonds. The maximum absolute atomic E-state index is 13.0. The Balaban J connectivity index is 1.42. The maximum atomic E-state index is 13.0. The second kappa shape index (κ2) is 8.87. The molecule has 1 saturated heterocycles. The van der Waals surface area contributed by atoms with Crippen LogP contribution in [-0.2, 0) is 17.8 Å². The van der Waals surface area contributed by atoms with Crippen molar-refractivity contribution in [3.8, 4) is 5.75 Å². The molecule has 0 aliphatic carbocycles. The summed E-state index contributed by atoms with van der Waals surface area (Å²) in [6.45, 7) is 4.00. The number of anilines is 1. The van der Waals surface area contributed by atoms with Gasteiger partial charge in [0.2, 0.25) is 5.91 Å². The van der Waals surface area contributed by atoms with Crippen molar-refractivity contribution in [1.29, 1.82) is 0 Å². The van der Waals surface area contributed by atoms with Gasteiger partial charge < -0.3 is 14.2 Å². The number of carbonyl (C=O) groups is 1. The number of fused-ring (bicyclic) bond motifs is 1. The van der Waals surface area contributed by atoms with Gasteiger partial charge in [-0.1, -0.05) is 55.5 Å². The predicted octanol–water partition coefficient (Wildman–Crippen LogP) is 5.20. The molecular formula is C27H27N3O2. The summed E-state index contributed by atoms with van der Waals surface area (Å²) in [5, 5.41) is 0. The molecule has 0 N–H and O–H groups in total. The number of carbonyl (C=O) groups excluding carboxylic acids is 1. The van der Waals surface area contributed by atoms with Crippen LogP contribution in [0.3, 0.4) is 0 Å². The number of nitrogens with zero attached hydrogens (tertiary/aromatic N) is 3. The molecule has 5 nitrogen and oxygen atoms in total. The molecule has 32 heavy (non-hydrogen) atoms. The topological polar surface area (TPSA) is 47.4 Å². The Morgan fingerprint density at radius 1 is 0.969 bits per heavy atom. The number of rotatable bonds is 7. The molecule has 1 aliphatic heterocycles. The second-order valence-corrected chi connectivity index (χ2v) is 8.16. The molecule has 1 aliphatic rings. The Morgan fingerprint density at radius 3 is 2.56 bits per heavy atom. The lowest BCUT2D eigenvalue weighted by molar-refractivity contribution is -0.117. The van der Waals surface area contributed by atoms with Gasteiger partial charge in [0.25, 0.3) is 0 Å². The lowest BCUT2D eigenvalue weighted by Gasteiger charge is -2.20. The van der Waals surface area contributed by atoms with Crippen molar-refractivity contribution in [2.75, 3.05) is 18.1 Å². The molecule has 0 bridgehead atoms. The number of hydrogen-bond donors (Lipinski definition) is 0. The maximum Gasteiger partial charge on any atom is 0.227 e. The van der Waals surface area contributed by atoms with E-state index in [2.05, 4.69) is 29.7 Å². The molecule has 0 saturated carbocycles. The smallest absolute Gasteiger partial charge is 0.227 e. The molecule has 4 aromatic rings. The zero-order valence-corrected chi connectivity index (χ0v) is 18.3. The summed E-state index contributed by atoms with van der Waals surface area (Å²) in [5.41, 5.74) is 4.27. The van der Waals surface area contributed by atoms with Crippen LogP contribution in [0.25, 0.3) is 11.0 Å². The van der Waals surface area contributed by atoms with Crippen LogP contribution in [0, 0.1) is 0 Å². The van der Waals surface area contributed by atoms with Gasteiger partial charge in [-0.15, -0.1) is 0 Å². The van der Waals surface area contributed by atoms with Crippen LogP contribution in [0.4, 0.5) is 5.69 Å². The van der Waals surface area contributed by atoms with Crippen molar-refractivity contribution in [2.45, 2.75) is 32.2 Å². The van der Waals surface area contributed by atoms with E-state index in [1.165, 1.54) is 5.56 Å². The number of amides is 1. The van der Waals surface area contributed by atoms with Crippen LogP contribution in [0.1, 0.15) is 30.7 Å². The van der Waals surface area contributed by atoms with E-state index in [9.17, 15) is 4.79 Å². The van der Waals surface area contributed by atoms with Crippen LogP contribution >= 0.6 is 0 Å². The van der Waals surface area contributed by atoms with Gasteiger partial charge in [0.05, 0.1) is 17.6 Å². The average molecular weight is 426 g/mol. The van der Waals surface area contributed by atoms with Gasteiger partial charge in [-0.2, -0.15) is 0 Å². The first-order valence-corrected chi connectivity index (χ1v) is 11.3. The number of aromatic nitrogens is 2. The van der Waals surface area contributed by atoms with E-state index < -0.39 is 0 Å². The third-order valence-electron chi connectivity index (χ3n) is 6.16. The third kappa shape index (κ3) is 3.86. The number of para-hydroxylation sites is 4. The van der Waals surface area contributed by atoms with Crippen LogP contribution in [0.5, 0.6) is 5.75 Å². The van der Waals surface area contributed by atoms with Gasteiger partial charge in [-0.25, -0.2) is 4.98 Å². The van der Waals surface area contributed by atoms with E-state index in [1.54, 1.807) is 0 Å².